The molecule has 126 valence electrons. The van der Waals surface area contributed by atoms with E-state index < -0.39 is 0 Å². The van der Waals surface area contributed by atoms with Crippen molar-refractivity contribution in [2.75, 3.05) is 0 Å². The zero-order valence-electron chi connectivity index (χ0n) is 13.7. The first-order chi connectivity index (χ1) is 12.8. The Morgan fingerprint density at radius 1 is 1.19 bits per heavy atom. The highest BCUT2D eigenvalue weighted by molar-refractivity contribution is 7.18. The Balaban J connectivity index is 1.85. The van der Waals surface area contributed by atoms with Gasteiger partial charge in [0.1, 0.15) is 10.7 Å². The van der Waals surface area contributed by atoms with Crippen LogP contribution in [0.2, 0.25) is 0 Å². The number of thiophene rings is 1. The SMILES string of the molecule is C=C/C=C(\N=C)c1nc(-c2nnc(-c3cccnc3)s2)cc2sccc12. The summed E-state index contributed by atoms with van der Waals surface area (Å²) in [6.07, 6.45) is 7.00. The Hall–Kier alpha value is -3.03. The fourth-order valence-corrected chi connectivity index (χ4v) is 4.14. The molecular formula is C19H13N5S2. The van der Waals surface area contributed by atoms with Crippen molar-refractivity contribution in [3.63, 3.8) is 0 Å². The lowest BCUT2D eigenvalue weighted by Gasteiger charge is -2.05. The Labute approximate surface area is 158 Å². The first kappa shape index (κ1) is 16.4. The van der Waals surface area contributed by atoms with Crippen molar-refractivity contribution in [1.82, 2.24) is 20.2 Å². The molecule has 0 fully saturated rings. The average Bonchev–Trinajstić information content (AvgIpc) is 3.35. The molecule has 0 aromatic carbocycles. The lowest BCUT2D eigenvalue weighted by Crippen LogP contribution is -1.92. The number of hydrogen-bond donors (Lipinski definition) is 0. The van der Waals surface area contributed by atoms with Crippen molar-refractivity contribution in [2.24, 2.45) is 4.99 Å². The smallest absolute Gasteiger partial charge is 0.166 e. The zero-order valence-corrected chi connectivity index (χ0v) is 15.3. The van der Waals surface area contributed by atoms with Gasteiger partial charge in [-0.1, -0.05) is 24.0 Å². The molecule has 0 saturated heterocycles. The number of allylic oxidation sites excluding steroid dienone is 2. The van der Waals surface area contributed by atoms with Crippen LogP contribution in [0.25, 0.3) is 37.1 Å². The molecule has 0 aliphatic carbocycles. The second kappa shape index (κ2) is 7.07. The molecule has 4 heterocycles. The number of nitrogens with zero attached hydrogens (tertiary/aromatic N) is 5. The second-order valence-electron chi connectivity index (χ2n) is 5.29. The van der Waals surface area contributed by atoms with E-state index in [-0.39, 0.29) is 0 Å². The van der Waals surface area contributed by atoms with Crippen LogP contribution >= 0.6 is 22.7 Å². The van der Waals surface area contributed by atoms with Crippen molar-refractivity contribution in [3.05, 3.63) is 66.5 Å². The van der Waals surface area contributed by atoms with Gasteiger partial charge in [-0.05, 0) is 42.4 Å². The molecule has 0 aliphatic rings. The summed E-state index contributed by atoms with van der Waals surface area (Å²) in [6.45, 7) is 7.40. The van der Waals surface area contributed by atoms with Gasteiger partial charge < -0.3 is 0 Å². The summed E-state index contributed by atoms with van der Waals surface area (Å²) in [7, 11) is 0. The minimum Gasteiger partial charge on any atom is -0.264 e. The van der Waals surface area contributed by atoms with Crippen LogP contribution in [0.1, 0.15) is 5.69 Å². The Kier molecular flexibility index (Phi) is 4.47. The molecule has 7 heteroatoms. The van der Waals surface area contributed by atoms with Gasteiger partial charge in [-0.2, -0.15) is 0 Å². The van der Waals surface area contributed by atoms with Crippen LogP contribution in [-0.2, 0) is 0 Å². The number of aliphatic imine (C=N–C) groups is 1. The standard InChI is InChI=1S/C19H13N5S2/c1-3-5-14(20-2)17-13-7-9-25-16(13)10-15(22-17)19-24-23-18(26-19)12-6-4-8-21-11-12/h3-11H,1-2H2/b14-5-. The van der Waals surface area contributed by atoms with Gasteiger partial charge in [0.25, 0.3) is 0 Å². The minimum absolute atomic E-state index is 0.683. The van der Waals surface area contributed by atoms with E-state index in [1.807, 2.05) is 29.6 Å². The summed E-state index contributed by atoms with van der Waals surface area (Å²) in [5.74, 6) is 0. The van der Waals surface area contributed by atoms with E-state index in [1.165, 1.54) is 11.3 Å². The molecule has 5 nitrogen and oxygen atoms in total. The van der Waals surface area contributed by atoms with Crippen molar-refractivity contribution in [1.29, 1.82) is 0 Å². The predicted octanol–water partition coefficient (Wildman–Crippen LogP) is 5.10. The average molecular weight is 375 g/mol. The van der Waals surface area contributed by atoms with E-state index in [1.54, 1.807) is 35.9 Å². The summed E-state index contributed by atoms with van der Waals surface area (Å²) in [4.78, 5) is 13.0. The highest BCUT2D eigenvalue weighted by Crippen LogP contribution is 2.34. The maximum absolute atomic E-state index is 4.79. The van der Waals surface area contributed by atoms with Gasteiger partial charge in [-0.25, -0.2) is 4.98 Å². The van der Waals surface area contributed by atoms with Crippen LogP contribution in [0, 0.1) is 0 Å². The van der Waals surface area contributed by atoms with E-state index in [0.717, 1.165) is 37.1 Å². The normalized spacial score (nSPS) is 11.6. The van der Waals surface area contributed by atoms with Crippen LogP contribution in [0.3, 0.4) is 0 Å². The summed E-state index contributed by atoms with van der Waals surface area (Å²) in [6, 6.07) is 7.92. The molecule has 0 unspecified atom stereocenters. The predicted molar refractivity (Wildman–Crippen MR) is 109 cm³/mol. The molecule has 4 aromatic heterocycles. The van der Waals surface area contributed by atoms with Gasteiger partial charge in [0.05, 0.1) is 11.4 Å². The van der Waals surface area contributed by atoms with Gasteiger partial charge >= 0.3 is 0 Å². The topological polar surface area (TPSA) is 63.9 Å². The van der Waals surface area contributed by atoms with E-state index in [0.29, 0.717) is 5.70 Å². The number of rotatable bonds is 5. The molecule has 4 aromatic rings. The molecule has 0 spiro atoms. The van der Waals surface area contributed by atoms with Crippen molar-refractivity contribution in [2.45, 2.75) is 0 Å². The van der Waals surface area contributed by atoms with E-state index in [9.17, 15) is 0 Å². The fraction of sp³-hybridized carbons (Fsp3) is 0. The van der Waals surface area contributed by atoms with Crippen LogP contribution in [-0.4, -0.2) is 26.9 Å². The van der Waals surface area contributed by atoms with Crippen LogP contribution in [0.15, 0.2) is 65.8 Å². The van der Waals surface area contributed by atoms with E-state index in [4.69, 9.17) is 4.98 Å². The fourth-order valence-electron chi connectivity index (χ4n) is 2.52. The van der Waals surface area contributed by atoms with Gasteiger partial charge in [-0.15, -0.1) is 21.5 Å². The van der Waals surface area contributed by atoms with Crippen LogP contribution in [0.4, 0.5) is 0 Å². The highest BCUT2D eigenvalue weighted by Gasteiger charge is 2.15. The Bertz CT molecular complexity index is 1130. The molecule has 0 radical (unpaired) electrons. The largest absolute Gasteiger partial charge is 0.264 e. The molecule has 0 bridgehead atoms. The van der Waals surface area contributed by atoms with Crippen molar-refractivity contribution >= 4 is 45.2 Å². The number of fused-ring (bicyclic) bond motifs is 1. The zero-order chi connectivity index (χ0) is 17.9. The molecule has 0 N–H and O–H groups in total. The highest BCUT2D eigenvalue weighted by atomic mass is 32.1. The third-order valence-electron chi connectivity index (χ3n) is 3.69. The molecule has 0 atom stereocenters. The molecule has 0 saturated carbocycles. The monoisotopic (exact) mass is 375 g/mol. The lowest BCUT2D eigenvalue weighted by molar-refractivity contribution is 1.09. The Morgan fingerprint density at radius 3 is 2.85 bits per heavy atom. The van der Waals surface area contributed by atoms with E-state index >= 15 is 0 Å². The molecule has 0 amide bonds. The summed E-state index contributed by atoms with van der Waals surface area (Å²) < 4.78 is 1.11. The first-order valence-corrected chi connectivity index (χ1v) is 9.42. The second-order valence-corrected chi connectivity index (χ2v) is 7.21. The Morgan fingerprint density at radius 2 is 2.08 bits per heavy atom. The molecule has 4 rings (SSSR count). The first-order valence-electron chi connectivity index (χ1n) is 7.72. The summed E-state index contributed by atoms with van der Waals surface area (Å²) in [5, 5.41) is 13.2. The van der Waals surface area contributed by atoms with Gasteiger partial charge in [0, 0.05) is 28.0 Å². The molecule has 0 aliphatic heterocycles. The summed E-state index contributed by atoms with van der Waals surface area (Å²) in [5.41, 5.74) is 3.16. The van der Waals surface area contributed by atoms with Crippen LogP contribution in [0.5, 0.6) is 0 Å². The number of hydrogen-bond acceptors (Lipinski definition) is 7. The maximum Gasteiger partial charge on any atom is 0.166 e. The number of pyridine rings is 2. The lowest BCUT2D eigenvalue weighted by atomic mass is 10.1. The van der Waals surface area contributed by atoms with Crippen molar-refractivity contribution < 1.29 is 0 Å². The van der Waals surface area contributed by atoms with Gasteiger partial charge in [-0.3, -0.25) is 9.98 Å². The molecular weight excluding hydrogens is 362 g/mol. The van der Waals surface area contributed by atoms with E-state index in [2.05, 4.69) is 33.5 Å². The van der Waals surface area contributed by atoms with Gasteiger partial charge in [0.15, 0.2) is 5.01 Å². The van der Waals surface area contributed by atoms with Crippen LogP contribution < -0.4 is 0 Å². The number of aromatic nitrogens is 4. The third-order valence-corrected chi connectivity index (χ3v) is 5.55. The quantitative estimate of drug-likeness (QED) is 0.359. The van der Waals surface area contributed by atoms with Crippen molar-refractivity contribution in [3.8, 4) is 21.3 Å². The molecule has 26 heavy (non-hydrogen) atoms. The third kappa shape index (κ3) is 2.98. The van der Waals surface area contributed by atoms with Gasteiger partial charge in [0.2, 0.25) is 0 Å². The maximum atomic E-state index is 4.79. The summed E-state index contributed by atoms with van der Waals surface area (Å²) >= 11 is 3.14. The minimum atomic E-state index is 0.683.